The largest absolute Gasteiger partial charge is 0.457 e. The second-order valence-corrected chi connectivity index (χ2v) is 44.5. The number of benzene rings is 24. The topological polar surface area (TPSA) is 51.2 Å². The van der Waals surface area contributed by atoms with Gasteiger partial charge >= 0.3 is 0 Å². The summed E-state index contributed by atoms with van der Waals surface area (Å²) >= 11 is 0. The maximum absolute atomic E-state index is 17.8. The van der Waals surface area contributed by atoms with E-state index in [0.29, 0.717) is 22.6 Å². The van der Waals surface area contributed by atoms with Crippen molar-refractivity contribution in [3.63, 3.8) is 0 Å². The summed E-state index contributed by atoms with van der Waals surface area (Å²) in [5, 5.41) is 18.8. The molecule has 28 rings (SSSR count). The summed E-state index contributed by atoms with van der Waals surface area (Å²) in [6.07, 6.45) is 0. The fourth-order valence-corrected chi connectivity index (χ4v) is 24.3. The van der Waals surface area contributed by atoms with E-state index in [2.05, 4.69) is 279 Å². The number of anilines is 6. The quantitative estimate of drug-likeness (QED) is 0.0669. The van der Waals surface area contributed by atoms with Crippen molar-refractivity contribution in [1.29, 1.82) is 0 Å². The Bertz CT molecular complexity index is 9780. The van der Waals surface area contributed by atoms with Crippen molar-refractivity contribution in [2.45, 2.75) is 19.6 Å². The lowest BCUT2D eigenvalue weighted by atomic mass is 9.35. The minimum Gasteiger partial charge on any atom is -0.457 e. The maximum atomic E-state index is 17.8. The Labute approximate surface area is 849 Å². The first-order chi connectivity index (χ1) is 72.3. The number of halogens is 3. The molecule has 694 valence electrons. The number of fused-ring (bicyclic) bond motifs is 18. The van der Waals surface area contributed by atoms with Gasteiger partial charge in [-0.1, -0.05) is 392 Å². The Balaban J connectivity index is 0.000000146. The standard InChI is InChI=1S/C72H45BF3NO.C63H44BNO3Si/c74-53-35-33-52(34-36-53)73(71-60(48-23-10-3-11-24-48)39-50(41-66(71)75)46-19-6-1-7-20-46)65-45-63-59-31-18-32-68-70(59)64(44-62(63)56-29-16-17-30-57(56)65)58-38-37-55(43-69(58)78-68)77(54-27-14-5-15-28-54)72-61(49-25-12-4-13-26-49)40-51(42-67(72)76)47-21-8-2-9-22-47;1-69(2,3)42-33-30-40(31-34-42)65(56-26-14-24-50-46-21-10-12-28-58(46)68-63(50)56)41-32-35-47-53-37-51-43-18-7-8-19-44(43)55(38-52(51)48-22-15-29-59(61(48)53)66-60(47)36-41)64(39-16-5-4-6-17-39)54-25-13-23-49-45-20-9-11-27-57(45)67-62(49)54/h1-45H;4-38H,1-3H3. The highest BCUT2D eigenvalue weighted by Gasteiger charge is 2.37. The first kappa shape index (κ1) is 87.8. The van der Waals surface area contributed by atoms with Crippen LogP contribution in [-0.4, -0.2) is 21.5 Å². The van der Waals surface area contributed by atoms with Crippen LogP contribution in [-0.2, 0) is 0 Å². The molecule has 0 radical (unpaired) electrons. The van der Waals surface area contributed by atoms with E-state index in [1.54, 1.807) is 24.3 Å². The highest BCUT2D eigenvalue weighted by Crippen LogP contribution is 2.56. The number of rotatable bonds is 17. The Hall–Kier alpha value is -18.2. The summed E-state index contributed by atoms with van der Waals surface area (Å²) in [6.45, 7) is 6.42. The molecule has 2 aliphatic rings. The van der Waals surface area contributed by atoms with Gasteiger partial charge in [0.05, 0.1) is 30.8 Å². The van der Waals surface area contributed by atoms with Crippen molar-refractivity contribution in [2.75, 3.05) is 9.80 Å². The molecule has 2 aliphatic heterocycles. The van der Waals surface area contributed by atoms with Crippen molar-refractivity contribution in [3.05, 3.63) is 503 Å². The SMILES string of the molecule is C[Si](C)(C)c1ccc(N(c2ccc3c(c2)Oc2cccc4c2c-3cc2c3ccccc3c(B(c3ccccc3)c3cccc5c3oc3ccccc35)cc42)c2cccc3c2oc2ccccc23)cc1.Fc1ccc(B(c2c(F)cc(-c3ccccc3)cc2-c2ccccc2)c2cc3c4cccc5c4c(cc3c3ccccc23)-c2ccc(N(c3ccccc3)c3c(F)cc(-c4ccccc4)cc3-c3ccccc3)cc2O5)cc1. The first-order valence-corrected chi connectivity index (χ1v) is 53.5. The maximum Gasteiger partial charge on any atom is 0.246 e. The molecule has 0 aliphatic carbocycles. The first-order valence-electron chi connectivity index (χ1n) is 50.0. The molecule has 0 fully saturated rings. The predicted octanol–water partition coefficient (Wildman–Crippen LogP) is 33.2. The number of ether oxygens (including phenoxy) is 2. The molecule has 0 N–H and O–H groups in total. The second-order valence-electron chi connectivity index (χ2n) is 39.4. The van der Waals surface area contributed by atoms with Crippen LogP contribution in [0, 0.1) is 17.5 Å². The zero-order valence-electron chi connectivity index (χ0n) is 80.5. The van der Waals surface area contributed by atoms with Crippen LogP contribution in [0.25, 0.3) is 175 Å². The molecular formula is C135H89B2F3N2O4Si. The van der Waals surface area contributed by atoms with Crippen molar-refractivity contribution < 1.29 is 31.5 Å². The molecule has 0 atom stereocenters. The molecule has 12 heteroatoms. The number of hydrogen-bond acceptors (Lipinski definition) is 6. The van der Waals surface area contributed by atoms with Gasteiger partial charge in [0.15, 0.2) is 5.58 Å². The molecule has 24 aromatic carbocycles. The van der Waals surface area contributed by atoms with E-state index in [1.165, 1.54) is 49.8 Å². The molecule has 147 heavy (non-hydrogen) atoms. The summed E-state index contributed by atoms with van der Waals surface area (Å²) in [7, 11) is -1.55. The lowest BCUT2D eigenvalue weighted by Crippen LogP contribution is -2.54. The normalized spacial score (nSPS) is 12.0. The van der Waals surface area contributed by atoms with E-state index >= 15 is 8.78 Å². The van der Waals surface area contributed by atoms with Crippen LogP contribution < -0.4 is 57.2 Å². The number of para-hydroxylation sites is 5. The monoisotopic (exact) mass is 1910 g/mol. The Morgan fingerprint density at radius 3 is 1.18 bits per heavy atom. The van der Waals surface area contributed by atoms with Crippen LogP contribution in [0.1, 0.15) is 0 Å². The van der Waals surface area contributed by atoms with Crippen molar-refractivity contribution >= 4 is 202 Å². The molecule has 26 aromatic rings. The molecular weight excluding hydrogens is 1820 g/mol. The molecule has 0 spiro atoms. The number of hydrogen-bond donors (Lipinski definition) is 0. The minimum absolute atomic E-state index is 0.105. The van der Waals surface area contributed by atoms with Gasteiger partial charge in [0.2, 0.25) is 13.4 Å². The minimum atomic E-state index is -1.55. The van der Waals surface area contributed by atoms with E-state index in [4.69, 9.17) is 18.3 Å². The summed E-state index contributed by atoms with van der Waals surface area (Å²) in [5.41, 5.74) is 25.0. The van der Waals surface area contributed by atoms with E-state index in [-0.39, 0.29) is 24.2 Å². The second kappa shape index (κ2) is 35.7. The third-order valence-corrected chi connectivity index (χ3v) is 31.9. The van der Waals surface area contributed by atoms with Crippen molar-refractivity contribution in [3.8, 4) is 89.8 Å². The highest BCUT2D eigenvalue weighted by molar-refractivity contribution is 6.99. The molecule has 0 saturated carbocycles. The molecule has 0 bridgehead atoms. The molecule has 0 amide bonds. The summed E-state index contributed by atoms with van der Waals surface area (Å²) in [4.78, 5) is 4.31. The Morgan fingerprint density at radius 2 is 0.633 bits per heavy atom. The number of furan rings is 2. The molecule has 2 aromatic heterocycles. The van der Waals surface area contributed by atoms with Gasteiger partial charge in [0.25, 0.3) is 0 Å². The van der Waals surface area contributed by atoms with Crippen molar-refractivity contribution in [2.24, 2.45) is 0 Å². The van der Waals surface area contributed by atoms with Crippen LogP contribution in [0.2, 0.25) is 19.6 Å². The highest BCUT2D eigenvalue weighted by atomic mass is 28.3. The van der Waals surface area contributed by atoms with Gasteiger partial charge in [-0.25, -0.2) is 13.2 Å². The lowest BCUT2D eigenvalue weighted by molar-refractivity contribution is 0.487. The van der Waals surface area contributed by atoms with Crippen LogP contribution in [0.4, 0.5) is 47.3 Å². The van der Waals surface area contributed by atoms with Crippen LogP contribution in [0.15, 0.2) is 494 Å². The van der Waals surface area contributed by atoms with E-state index in [1.807, 2.05) is 199 Å². The van der Waals surface area contributed by atoms with Gasteiger partial charge in [-0.2, -0.15) is 0 Å². The summed E-state index contributed by atoms with van der Waals surface area (Å²) < 4.78 is 77.8. The van der Waals surface area contributed by atoms with E-state index < -0.39 is 14.8 Å². The summed E-state index contributed by atoms with van der Waals surface area (Å²) in [5.74, 6) is 1.89. The predicted molar refractivity (Wildman–Crippen MR) is 613 cm³/mol. The zero-order valence-corrected chi connectivity index (χ0v) is 81.5. The van der Waals surface area contributed by atoms with Gasteiger partial charge < -0.3 is 28.1 Å². The smallest absolute Gasteiger partial charge is 0.246 e. The van der Waals surface area contributed by atoms with Crippen LogP contribution >= 0.6 is 0 Å². The average molecular weight is 1910 g/mol. The lowest BCUT2D eigenvalue weighted by Gasteiger charge is -2.30. The fraction of sp³-hybridized carbons (Fsp3) is 0.0222. The summed E-state index contributed by atoms with van der Waals surface area (Å²) in [6, 6.07) is 165. The molecule has 0 unspecified atom stereocenters. The van der Waals surface area contributed by atoms with Crippen LogP contribution in [0.5, 0.6) is 23.0 Å². The van der Waals surface area contributed by atoms with E-state index in [0.717, 1.165) is 210 Å². The molecule has 4 heterocycles. The Kier molecular flexibility index (Phi) is 21.3. The van der Waals surface area contributed by atoms with Gasteiger partial charge in [0, 0.05) is 72.5 Å². The van der Waals surface area contributed by atoms with Gasteiger partial charge in [0.1, 0.15) is 57.2 Å². The zero-order chi connectivity index (χ0) is 98.2. The Morgan fingerprint density at radius 1 is 0.231 bits per heavy atom. The third kappa shape index (κ3) is 15.1. The average Bonchev–Trinajstić information content (AvgIpc) is 0.894. The van der Waals surface area contributed by atoms with Crippen LogP contribution in [0.3, 0.4) is 0 Å². The fourth-order valence-electron chi connectivity index (χ4n) is 23.1. The van der Waals surface area contributed by atoms with Gasteiger partial charge in [-0.05, 0) is 242 Å². The number of nitrogens with zero attached hydrogens (tertiary/aromatic N) is 2. The van der Waals surface area contributed by atoms with Crippen molar-refractivity contribution in [1.82, 2.24) is 0 Å². The van der Waals surface area contributed by atoms with E-state index in [9.17, 15) is 4.39 Å². The molecule has 0 saturated heterocycles. The third-order valence-electron chi connectivity index (χ3n) is 29.9. The van der Waals surface area contributed by atoms with Gasteiger partial charge in [-0.15, -0.1) is 0 Å². The van der Waals surface area contributed by atoms with Gasteiger partial charge in [-0.3, -0.25) is 0 Å². The molecule has 6 nitrogen and oxygen atoms in total.